The van der Waals surface area contributed by atoms with E-state index in [4.69, 9.17) is 9.84 Å². The van der Waals surface area contributed by atoms with Gasteiger partial charge in [-0.3, -0.25) is 9.59 Å². The molecule has 1 N–H and O–H groups in total. The van der Waals surface area contributed by atoms with Crippen molar-refractivity contribution in [3.05, 3.63) is 29.6 Å². The lowest BCUT2D eigenvalue weighted by molar-refractivity contribution is -0.141. The number of rotatable bonds is 3. The maximum atomic E-state index is 13.8. The molecule has 0 spiro atoms. The minimum atomic E-state index is -0.925. The summed E-state index contributed by atoms with van der Waals surface area (Å²) in [6.07, 6.45) is 0.402. The Balaban J connectivity index is 2.14. The van der Waals surface area contributed by atoms with E-state index in [2.05, 4.69) is 0 Å². The largest absolute Gasteiger partial charge is 0.497 e. The lowest BCUT2D eigenvalue weighted by Crippen LogP contribution is -2.30. The van der Waals surface area contributed by atoms with Crippen molar-refractivity contribution in [3.63, 3.8) is 0 Å². The van der Waals surface area contributed by atoms with Crippen LogP contribution in [0.1, 0.15) is 16.8 Å². The molecule has 0 aromatic heterocycles. The number of likely N-dealkylation sites (tertiary alicyclic amines) is 1. The van der Waals surface area contributed by atoms with Gasteiger partial charge in [0, 0.05) is 19.2 Å². The minimum absolute atomic E-state index is 0.0631. The Morgan fingerprint density at radius 1 is 1.47 bits per heavy atom. The number of carboxylic acids is 1. The Kier molecular flexibility index (Phi) is 3.69. The molecule has 2 rings (SSSR count). The number of benzene rings is 1. The first-order valence-corrected chi connectivity index (χ1v) is 5.88. The Morgan fingerprint density at radius 3 is 2.74 bits per heavy atom. The summed E-state index contributed by atoms with van der Waals surface area (Å²) in [6, 6.07) is 3.99. The number of halogens is 1. The monoisotopic (exact) mass is 267 g/mol. The number of ether oxygens (including phenoxy) is 1. The van der Waals surface area contributed by atoms with Crippen molar-refractivity contribution in [2.45, 2.75) is 6.42 Å². The molecule has 1 aromatic rings. The number of hydrogen-bond acceptors (Lipinski definition) is 3. The molecule has 6 heteroatoms. The number of nitrogens with zero attached hydrogens (tertiary/aromatic N) is 1. The van der Waals surface area contributed by atoms with Crippen LogP contribution in [0.3, 0.4) is 0 Å². The second-order valence-electron chi connectivity index (χ2n) is 4.42. The second-order valence-corrected chi connectivity index (χ2v) is 4.42. The molecule has 1 atom stereocenters. The highest BCUT2D eigenvalue weighted by Gasteiger charge is 2.32. The highest BCUT2D eigenvalue weighted by atomic mass is 19.1. The van der Waals surface area contributed by atoms with Crippen LogP contribution in [-0.2, 0) is 4.79 Å². The molecule has 102 valence electrons. The van der Waals surface area contributed by atoms with Crippen LogP contribution in [0, 0.1) is 11.7 Å². The SMILES string of the molecule is COc1ccc(C(=O)N2CC[C@@H](C(=O)O)C2)c(F)c1. The molecule has 0 radical (unpaired) electrons. The maximum absolute atomic E-state index is 13.8. The zero-order valence-electron chi connectivity index (χ0n) is 10.4. The van der Waals surface area contributed by atoms with E-state index in [0.717, 1.165) is 6.07 Å². The van der Waals surface area contributed by atoms with Crippen LogP contribution >= 0.6 is 0 Å². The van der Waals surface area contributed by atoms with Crippen LogP contribution in [0.5, 0.6) is 5.75 Å². The molecule has 0 saturated carbocycles. The lowest BCUT2D eigenvalue weighted by Gasteiger charge is -2.16. The molecule has 1 aliphatic rings. The third-order valence-electron chi connectivity index (χ3n) is 3.23. The number of amides is 1. The summed E-state index contributed by atoms with van der Waals surface area (Å²) in [5.41, 5.74) is -0.0631. The molecule has 1 heterocycles. The van der Waals surface area contributed by atoms with Gasteiger partial charge in [-0.25, -0.2) is 4.39 Å². The van der Waals surface area contributed by atoms with E-state index in [1.165, 1.54) is 24.1 Å². The number of aliphatic carboxylic acids is 1. The van der Waals surface area contributed by atoms with Gasteiger partial charge in [0.15, 0.2) is 0 Å². The third kappa shape index (κ3) is 2.67. The fourth-order valence-corrected chi connectivity index (χ4v) is 2.11. The summed E-state index contributed by atoms with van der Waals surface area (Å²) < 4.78 is 18.6. The van der Waals surface area contributed by atoms with Crippen molar-refractivity contribution in [3.8, 4) is 5.75 Å². The number of methoxy groups -OCH3 is 1. The van der Waals surface area contributed by atoms with E-state index in [9.17, 15) is 14.0 Å². The summed E-state index contributed by atoms with van der Waals surface area (Å²) in [6.45, 7) is 0.459. The Labute approximate surface area is 109 Å². The van der Waals surface area contributed by atoms with E-state index in [-0.39, 0.29) is 12.1 Å². The first-order valence-electron chi connectivity index (χ1n) is 5.88. The summed E-state index contributed by atoms with van der Waals surface area (Å²) in [4.78, 5) is 24.3. The van der Waals surface area contributed by atoms with Gasteiger partial charge in [-0.05, 0) is 18.6 Å². The van der Waals surface area contributed by atoms with Crippen LogP contribution in [-0.4, -0.2) is 42.1 Å². The number of carbonyl (C=O) groups excluding carboxylic acids is 1. The van der Waals surface area contributed by atoms with Gasteiger partial charge in [-0.1, -0.05) is 0 Å². The van der Waals surface area contributed by atoms with Crippen LogP contribution in [0.2, 0.25) is 0 Å². The lowest BCUT2D eigenvalue weighted by atomic mass is 10.1. The number of carbonyl (C=O) groups is 2. The van der Waals surface area contributed by atoms with Crippen molar-refractivity contribution in [1.29, 1.82) is 0 Å². The van der Waals surface area contributed by atoms with Crippen molar-refractivity contribution in [2.75, 3.05) is 20.2 Å². The van der Waals surface area contributed by atoms with E-state index >= 15 is 0 Å². The molecular weight excluding hydrogens is 253 g/mol. The van der Waals surface area contributed by atoms with E-state index < -0.39 is 23.6 Å². The Bertz CT molecular complexity index is 517. The average Bonchev–Trinajstić information content (AvgIpc) is 2.87. The highest BCUT2D eigenvalue weighted by Crippen LogP contribution is 2.22. The predicted molar refractivity (Wildman–Crippen MR) is 64.6 cm³/mol. The molecule has 1 aromatic carbocycles. The normalized spacial score (nSPS) is 18.4. The van der Waals surface area contributed by atoms with E-state index in [1.807, 2.05) is 0 Å². The third-order valence-corrected chi connectivity index (χ3v) is 3.23. The molecule has 1 aliphatic heterocycles. The second kappa shape index (κ2) is 5.26. The summed E-state index contributed by atoms with van der Waals surface area (Å²) >= 11 is 0. The molecule has 1 amide bonds. The smallest absolute Gasteiger partial charge is 0.308 e. The molecule has 0 bridgehead atoms. The molecular formula is C13H14FNO4. The highest BCUT2D eigenvalue weighted by molar-refractivity contribution is 5.95. The molecule has 1 fully saturated rings. The van der Waals surface area contributed by atoms with Gasteiger partial charge in [0.05, 0.1) is 18.6 Å². The van der Waals surface area contributed by atoms with Crippen molar-refractivity contribution in [1.82, 2.24) is 4.90 Å². The van der Waals surface area contributed by atoms with Crippen LogP contribution < -0.4 is 4.74 Å². The van der Waals surface area contributed by atoms with Crippen molar-refractivity contribution < 1.29 is 23.8 Å². The number of hydrogen-bond donors (Lipinski definition) is 1. The van der Waals surface area contributed by atoms with Crippen LogP contribution in [0.4, 0.5) is 4.39 Å². The first kappa shape index (κ1) is 13.3. The van der Waals surface area contributed by atoms with Crippen LogP contribution in [0.15, 0.2) is 18.2 Å². The zero-order chi connectivity index (χ0) is 14.0. The van der Waals surface area contributed by atoms with Crippen molar-refractivity contribution in [2.24, 2.45) is 5.92 Å². The molecule has 5 nitrogen and oxygen atoms in total. The maximum Gasteiger partial charge on any atom is 0.308 e. The molecule has 19 heavy (non-hydrogen) atoms. The minimum Gasteiger partial charge on any atom is -0.497 e. The van der Waals surface area contributed by atoms with Gasteiger partial charge >= 0.3 is 5.97 Å². The van der Waals surface area contributed by atoms with Gasteiger partial charge in [0.1, 0.15) is 11.6 Å². The standard InChI is InChI=1S/C13H14FNO4/c1-19-9-2-3-10(11(14)6-9)12(16)15-5-4-8(7-15)13(17)18/h2-3,6,8H,4-5,7H2,1H3,(H,17,18)/t8-/m1/s1. The Hall–Kier alpha value is -2.11. The quantitative estimate of drug-likeness (QED) is 0.898. The van der Waals surface area contributed by atoms with Gasteiger partial charge in [0.25, 0.3) is 5.91 Å². The molecule has 0 unspecified atom stereocenters. The topological polar surface area (TPSA) is 66.8 Å². The zero-order valence-corrected chi connectivity index (χ0v) is 10.4. The fraction of sp³-hybridized carbons (Fsp3) is 0.385. The van der Waals surface area contributed by atoms with Gasteiger partial charge in [0.2, 0.25) is 0 Å². The van der Waals surface area contributed by atoms with Gasteiger partial charge < -0.3 is 14.7 Å². The van der Waals surface area contributed by atoms with Crippen LogP contribution in [0.25, 0.3) is 0 Å². The molecule has 1 saturated heterocycles. The summed E-state index contributed by atoms with van der Waals surface area (Å²) in [5.74, 6) is -2.30. The van der Waals surface area contributed by atoms with Gasteiger partial charge in [-0.2, -0.15) is 0 Å². The molecule has 0 aliphatic carbocycles. The number of carboxylic acid groups (broad SMARTS) is 1. The Morgan fingerprint density at radius 2 is 2.21 bits per heavy atom. The van der Waals surface area contributed by atoms with Crippen molar-refractivity contribution >= 4 is 11.9 Å². The summed E-state index contributed by atoms with van der Waals surface area (Å²) in [7, 11) is 1.41. The summed E-state index contributed by atoms with van der Waals surface area (Å²) in [5, 5.41) is 8.88. The van der Waals surface area contributed by atoms with E-state index in [0.29, 0.717) is 18.7 Å². The van der Waals surface area contributed by atoms with E-state index in [1.54, 1.807) is 0 Å². The predicted octanol–water partition coefficient (Wildman–Crippen LogP) is 1.38. The first-order chi connectivity index (χ1) is 9.02. The fourth-order valence-electron chi connectivity index (χ4n) is 2.11. The van der Waals surface area contributed by atoms with Gasteiger partial charge in [-0.15, -0.1) is 0 Å². The average molecular weight is 267 g/mol.